The van der Waals surface area contributed by atoms with Crippen LogP contribution in [0.1, 0.15) is 39.2 Å². The molecule has 3 aromatic rings. The predicted octanol–water partition coefficient (Wildman–Crippen LogP) is 5.92. The molecule has 1 unspecified atom stereocenters. The van der Waals surface area contributed by atoms with E-state index in [0.717, 1.165) is 10.7 Å². The van der Waals surface area contributed by atoms with Crippen LogP contribution >= 0.6 is 23.2 Å². The number of sulfonamides is 1. The number of nitrogens with zero attached hydrogens (tertiary/aromatic N) is 2. The minimum atomic E-state index is -4.18. The highest BCUT2D eigenvalue weighted by Gasteiger charge is 2.33. The van der Waals surface area contributed by atoms with Crippen molar-refractivity contribution in [1.82, 2.24) is 10.2 Å². The van der Waals surface area contributed by atoms with E-state index in [1.54, 1.807) is 67.6 Å². The van der Waals surface area contributed by atoms with Gasteiger partial charge in [-0.25, -0.2) is 8.42 Å². The number of amides is 2. The van der Waals surface area contributed by atoms with Gasteiger partial charge >= 0.3 is 0 Å². The molecule has 1 atom stereocenters. The second kappa shape index (κ2) is 15.1. The molecule has 0 fully saturated rings. The quantitative estimate of drug-likeness (QED) is 0.242. The van der Waals surface area contributed by atoms with Crippen molar-refractivity contribution in [3.63, 3.8) is 0 Å². The van der Waals surface area contributed by atoms with Crippen LogP contribution in [0.3, 0.4) is 0 Å². The van der Waals surface area contributed by atoms with Gasteiger partial charge in [-0.05, 0) is 73.9 Å². The molecule has 0 saturated carbocycles. The molecule has 220 valence electrons. The van der Waals surface area contributed by atoms with Gasteiger partial charge in [0.15, 0.2) is 0 Å². The molecule has 3 rings (SSSR count). The number of carbonyl (C=O) groups excluding carboxylic acids is 2. The highest BCUT2D eigenvalue weighted by molar-refractivity contribution is 7.92. The van der Waals surface area contributed by atoms with Crippen molar-refractivity contribution in [3.8, 4) is 5.75 Å². The third kappa shape index (κ3) is 8.38. The molecular weight excluding hydrogens is 585 g/mol. The summed E-state index contributed by atoms with van der Waals surface area (Å²) in [6, 6.07) is 18.6. The first-order valence-electron chi connectivity index (χ1n) is 13.4. The number of benzene rings is 3. The minimum absolute atomic E-state index is 0.00127. The maximum absolute atomic E-state index is 14.0. The number of ether oxygens (including phenoxy) is 1. The Morgan fingerprint density at radius 2 is 1.61 bits per heavy atom. The third-order valence-corrected chi connectivity index (χ3v) is 8.84. The average molecular weight is 621 g/mol. The highest BCUT2D eigenvalue weighted by Crippen LogP contribution is 2.27. The lowest BCUT2D eigenvalue weighted by molar-refractivity contribution is -0.140. The number of hydrogen-bond acceptors (Lipinski definition) is 5. The zero-order valence-corrected chi connectivity index (χ0v) is 25.7. The van der Waals surface area contributed by atoms with Gasteiger partial charge in [0.25, 0.3) is 10.0 Å². The average Bonchev–Trinajstić information content (AvgIpc) is 2.97. The minimum Gasteiger partial charge on any atom is -0.494 e. The number of anilines is 1. The first-order chi connectivity index (χ1) is 19.6. The smallest absolute Gasteiger partial charge is 0.264 e. The van der Waals surface area contributed by atoms with Crippen LogP contribution in [0.25, 0.3) is 0 Å². The molecule has 2 amide bonds. The summed E-state index contributed by atoms with van der Waals surface area (Å²) in [5.74, 6) is -0.332. The fourth-order valence-corrected chi connectivity index (χ4v) is 5.98. The molecular formula is C30H35Cl2N3O5S. The van der Waals surface area contributed by atoms with Crippen LogP contribution in [0, 0.1) is 0 Å². The molecule has 0 aliphatic rings. The molecule has 0 aliphatic heterocycles. The third-order valence-electron chi connectivity index (χ3n) is 6.32. The Kier molecular flexibility index (Phi) is 11.9. The van der Waals surface area contributed by atoms with E-state index in [1.807, 2.05) is 13.8 Å². The molecule has 41 heavy (non-hydrogen) atoms. The Hall–Kier alpha value is -3.27. The van der Waals surface area contributed by atoms with Gasteiger partial charge in [-0.15, -0.1) is 0 Å². The van der Waals surface area contributed by atoms with Crippen molar-refractivity contribution in [2.45, 2.75) is 51.1 Å². The number of rotatable bonds is 14. The number of halogens is 2. The molecule has 1 N–H and O–H groups in total. The summed E-state index contributed by atoms with van der Waals surface area (Å²) in [6.07, 6.45) is 1.05. The van der Waals surface area contributed by atoms with Gasteiger partial charge in [0.05, 0.1) is 27.2 Å². The van der Waals surface area contributed by atoms with Gasteiger partial charge in [0, 0.05) is 13.1 Å². The molecule has 0 aromatic heterocycles. The van der Waals surface area contributed by atoms with Gasteiger partial charge in [0.1, 0.15) is 18.3 Å². The Balaban J connectivity index is 2.03. The van der Waals surface area contributed by atoms with Gasteiger partial charge in [-0.2, -0.15) is 0 Å². The summed E-state index contributed by atoms with van der Waals surface area (Å²) in [4.78, 5) is 28.6. The molecule has 8 nitrogen and oxygen atoms in total. The van der Waals surface area contributed by atoms with E-state index in [2.05, 4.69) is 5.32 Å². The number of hydrogen-bond donors (Lipinski definition) is 1. The lowest BCUT2D eigenvalue weighted by atomic mass is 10.1. The Morgan fingerprint density at radius 1 is 0.927 bits per heavy atom. The number of para-hydroxylation sites is 1. The van der Waals surface area contributed by atoms with E-state index in [9.17, 15) is 18.0 Å². The summed E-state index contributed by atoms with van der Waals surface area (Å²) < 4.78 is 34.3. The van der Waals surface area contributed by atoms with Crippen molar-refractivity contribution in [3.05, 3.63) is 88.4 Å². The van der Waals surface area contributed by atoms with E-state index in [-0.39, 0.29) is 17.3 Å². The van der Waals surface area contributed by atoms with Crippen LogP contribution in [-0.2, 0) is 26.2 Å². The molecule has 0 spiro atoms. The summed E-state index contributed by atoms with van der Waals surface area (Å²) in [6.45, 7) is 5.96. The Morgan fingerprint density at radius 3 is 2.20 bits per heavy atom. The standard InChI is InChI=1S/C30H35Cl2N3O5S/c1-4-18-33-30(37)28(5-2)34(20-22-12-17-26(31)27(32)19-22)29(36)21-35(23-10-8-7-9-11-23)41(38,39)25-15-13-24(14-16-25)40-6-3/h7-17,19,28H,4-6,18,20-21H2,1-3H3,(H,33,37). The van der Waals surface area contributed by atoms with Crippen molar-refractivity contribution in [2.24, 2.45) is 0 Å². The van der Waals surface area contributed by atoms with Crippen molar-refractivity contribution in [2.75, 3.05) is 24.0 Å². The second-order valence-electron chi connectivity index (χ2n) is 9.24. The van der Waals surface area contributed by atoms with Crippen LogP contribution in [0.5, 0.6) is 5.75 Å². The summed E-state index contributed by atoms with van der Waals surface area (Å²) in [7, 11) is -4.18. The summed E-state index contributed by atoms with van der Waals surface area (Å²) in [5.41, 5.74) is 0.961. The zero-order chi connectivity index (χ0) is 30.0. The van der Waals surface area contributed by atoms with Crippen LogP contribution in [0.4, 0.5) is 5.69 Å². The van der Waals surface area contributed by atoms with Crippen LogP contribution < -0.4 is 14.4 Å². The first-order valence-corrected chi connectivity index (χ1v) is 15.6. The maximum atomic E-state index is 14.0. The van der Waals surface area contributed by atoms with E-state index in [0.29, 0.717) is 46.6 Å². The lowest BCUT2D eigenvalue weighted by Crippen LogP contribution is -2.52. The lowest BCUT2D eigenvalue weighted by Gasteiger charge is -2.33. The topological polar surface area (TPSA) is 96.0 Å². The van der Waals surface area contributed by atoms with Gasteiger partial charge in [-0.1, -0.05) is 61.3 Å². The Bertz CT molecular complexity index is 1420. The number of nitrogens with one attached hydrogen (secondary N) is 1. The van der Waals surface area contributed by atoms with Crippen LogP contribution in [0.15, 0.2) is 77.7 Å². The fourth-order valence-electron chi connectivity index (χ4n) is 4.24. The molecule has 0 radical (unpaired) electrons. The van der Waals surface area contributed by atoms with E-state index >= 15 is 0 Å². The van der Waals surface area contributed by atoms with Gasteiger partial charge in [-0.3, -0.25) is 13.9 Å². The SMILES string of the molecule is CCCNC(=O)C(CC)N(Cc1ccc(Cl)c(Cl)c1)C(=O)CN(c1ccccc1)S(=O)(=O)c1ccc(OCC)cc1. The van der Waals surface area contributed by atoms with Crippen molar-refractivity contribution in [1.29, 1.82) is 0 Å². The van der Waals surface area contributed by atoms with Crippen LogP contribution in [-0.4, -0.2) is 50.9 Å². The fraction of sp³-hybridized carbons (Fsp3) is 0.333. The molecule has 11 heteroatoms. The van der Waals surface area contributed by atoms with Crippen molar-refractivity contribution < 1.29 is 22.7 Å². The molecule has 3 aromatic carbocycles. The largest absolute Gasteiger partial charge is 0.494 e. The van der Waals surface area contributed by atoms with Crippen molar-refractivity contribution >= 4 is 50.7 Å². The first kappa shape index (κ1) is 32.2. The summed E-state index contributed by atoms with van der Waals surface area (Å²) in [5, 5.41) is 3.53. The monoisotopic (exact) mass is 619 g/mol. The maximum Gasteiger partial charge on any atom is 0.264 e. The van der Waals surface area contributed by atoms with Crippen LogP contribution in [0.2, 0.25) is 10.0 Å². The zero-order valence-electron chi connectivity index (χ0n) is 23.3. The van der Waals surface area contributed by atoms with E-state index < -0.39 is 28.5 Å². The molecule has 0 heterocycles. The van der Waals surface area contributed by atoms with Gasteiger partial charge < -0.3 is 15.0 Å². The molecule has 0 saturated heterocycles. The summed E-state index contributed by atoms with van der Waals surface area (Å²) >= 11 is 12.3. The molecule has 0 aliphatic carbocycles. The number of carbonyl (C=O) groups is 2. The molecule has 0 bridgehead atoms. The second-order valence-corrected chi connectivity index (χ2v) is 11.9. The van der Waals surface area contributed by atoms with E-state index in [4.69, 9.17) is 27.9 Å². The van der Waals surface area contributed by atoms with Gasteiger partial charge in [0.2, 0.25) is 11.8 Å². The van der Waals surface area contributed by atoms with E-state index in [1.165, 1.54) is 17.0 Å². The predicted molar refractivity (Wildman–Crippen MR) is 163 cm³/mol. The highest BCUT2D eigenvalue weighted by atomic mass is 35.5. The normalized spacial score (nSPS) is 11.9. The Labute approximate surface area is 252 Å².